The highest BCUT2D eigenvalue weighted by Gasteiger charge is 2.28. The first-order chi connectivity index (χ1) is 8.52. The Kier molecular flexibility index (Phi) is 3.14. The summed E-state index contributed by atoms with van der Waals surface area (Å²) in [5, 5.41) is 10.6. The summed E-state index contributed by atoms with van der Waals surface area (Å²) in [4.78, 5) is 29.4. The molecule has 0 aromatic carbocycles. The fraction of sp³-hybridized carbons (Fsp3) is 0.455. The molecule has 18 heavy (non-hydrogen) atoms. The van der Waals surface area contributed by atoms with Gasteiger partial charge in [0.05, 0.1) is 11.6 Å². The number of nitro groups is 1. The number of aromatic nitrogens is 1. The third-order valence-electron chi connectivity index (χ3n) is 2.95. The van der Waals surface area contributed by atoms with Crippen molar-refractivity contribution in [3.8, 4) is 0 Å². The molecule has 2 heterocycles. The standard InChI is InChI=1S/C11H14N4O3/c1-3-13-7-14(6-10(13)16)11-8(2)4-9(5-12-11)15(17)18/h4-5H,3,6-7H2,1-2H3. The second kappa shape index (κ2) is 4.59. The molecule has 0 saturated carbocycles. The van der Waals surface area contributed by atoms with Crippen molar-refractivity contribution >= 4 is 17.4 Å². The van der Waals surface area contributed by atoms with Gasteiger partial charge < -0.3 is 9.80 Å². The fourth-order valence-electron chi connectivity index (χ4n) is 2.00. The molecule has 7 heteroatoms. The number of carbonyl (C=O) groups is 1. The van der Waals surface area contributed by atoms with Crippen molar-refractivity contribution in [2.75, 3.05) is 24.7 Å². The number of hydrogen-bond donors (Lipinski definition) is 0. The Balaban J connectivity index is 2.25. The second-order valence-corrected chi connectivity index (χ2v) is 4.18. The average Bonchev–Trinajstić information content (AvgIpc) is 2.70. The first-order valence-electron chi connectivity index (χ1n) is 5.66. The van der Waals surface area contributed by atoms with Gasteiger partial charge >= 0.3 is 0 Å². The quantitative estimate of drug-likeness (QED) is 0.588. The van der Waals surface area contributed by atoms with Crippen LogP contribution in [0.25, 0.3) is 0 Å². The maximum Gasteiger partial charge on any atom is 0.287 e. The Morgan fingerprint density at radius 2 is 2.28 bits per heavy atom. The average molecular weight is 250 g/mol. The number of hydrogen-bond acceptors (Lipinski definition) is 5. The minimum atomic E-state index is -0.475. The molecule has 1 aromatic heterocycles. The van der Waals surface area contributed by atoms with E-state index in [1.54, 1.807) is 11.8 Å². The van der Waals surface area contributed by atoms with Crippen LogP contribution in [-0.2, 0) is 4.79 Å². The Morgan fingerprint density at radius 1 is 1.56 bits per heavy atom. The molecule has 1 aliphatic rings. The molecule has 0 unspecified atom stereocenters. The van der Waals surface area contributed by atoms with Crippen LogP contribution in [0.2, 0.25) is 0 Å². The van der Waals surface area contributed by atoms with Crippen LogP contribution >= 0.6 is 0 Å². The smallest absolute Gasteiger partial charge is 0.287 e. The monoisotopic (exact) mass is 250 g/mol. The molecule has 1 amide bonds. The predicted octanol–water partition coefficient (Wildman–Crippen LogP) is 0.924. The van der Waals surface area contributed by atoms with Crippen LogP contribution in [0.5, 0.6) is 0 Å². The Bertz CT molecular complexity index is 503. The zero-order chi connectivity index (χ0) is 13.3. The largest absolute Gasteiger partial charge is 0.329 e. The van der Waals surface area contributed by atoms with E-state index < -0.39 is 4.92 Å². The minimum Gasteiger partial charge on any atom is -0.329 e. The fourth-order valence-corrected chi connectivity index (χ4v) is 2.00. The molecule has 0 spiro atoms. The number of amides is 1. The molecule has 7 nitrogen and oxygen atoms in total. The molecule has 1 saturated heterocycles. The van der Waals surface area contributed by atoms with Crippen molar-refractivity contribution in [2.24, 2.45) is 0 Å². The summed E-state index contributed by atoms with van der Waals surface area (Å²) < 4.78 is 0. The van der Waals surface area contributed by atoms with Crippen molar-refractivity contribution in [3.05, 3.63) is 27.9 Å². The third-order valence-corrected chi connectivity index (χ3v) is 2.95. The van der Waals surface area contributed by atoms with Crippen LogP contribution in [0.4, 0.5) is 11.5 Å². The summed E-state index contributed by atoms with van der Waals surface area (Å²) in [6, 6.07) is 1.47. The topological polar surface area (TPSA) is 79.6 Å². The molecule has 2 rings (SSSR count). The van der Waals surface area contributed by atoms with Gasteiger partial charge in [0, 0.05) is 12.6 Å². The number of likely N-dealkylation sites (N-methyl/N-ethyl adjacent to an activating group) is 1. The van der Waals surface area contributed by atoms with Gasteiger partial charge in [-0.3, -0.25) is 14.9 Å². The van der Waals surface area contributed by atoms with Gasteiger partial charge in [-0.2, -0.15) is 0 Å². The summed E-state index contributed by atoms with van der Waals surface area (Å²) >= 11 is 0. The van der Waals surface area contributed by atoms with Crippen molar-refractivity contribution in [3.63, 3.8) is 0 Å². The lowest BCUT2D eigenvalue weighted by Gasteiger charge is -2.18. The van der Waals surface area contributed by atoms with Crippen molar-refractivity contribution in [1.29, 1.82) is 0 Å². The van der Waals surface area contributed by atoms with Crippen LogP contribution in [0, 0.1) is 17.0 Å². The molecular formula is C11H14N4O3. The van der Waals surface area contributed by atoms with Crippen LogP contribution in [0.15, 0.2) is 12.3 Å². The van der Waals surface area contributed by atoms with E-state index in [0.717, 1.165) is 0 Å². The molecule has 96 valence electrons. The van der Waals surface area contributed by atoms with E-state index in [2.05, 4.69) is 4.98 Å². The molecule has 1 aromatic rings. The van der Waals surface area contributed by atoms with Crippen LogP contribution in [-0.4, -0.2) is 40.5 Å². The Morgan fingerprint density at radius 3 is 2.78 bits per heavy atom. The van der Waals surface area contributed by atoms with E-state index in [4.69, 9.17) is 0 Å². The van der Waals surface area contributed by atoms with Crippen LogP contribution in [0.1, 0.15) is 12.5 Å². The molecule has 1 aliphatic heterocycles. The lowest BCUT2D eigenvalue weighted by molar-refractivity contribution is -0.385. The number of nitrogens with zero attached hydrogens (tertiary/aromatic N) is 4. The van der Waals surface area contributed by atoms with Gasteiger partial charge in [-0.1, -0.05) is 0 Å². The zero-order valence-electron chi connectivity index (χ0n) is 10.3. The summed E-state index contributed by atoms with van der Waals surface area (Å²) in [7, 11) is 0. The summed E-state index contributed by atoms with van der Waals surface area (Å²) in [5.41, 5.74) is 0.670. The molecule has 0 aliphatic carbocycles. The maximum atomic E-state index is 11.6. The van der Waals surface area contributed by atoms with Crippen molar-refractivity contribution < 1.29 is 9.72 Å². The first kappa shape index (κ1) is 12.3. The third kappa shape index (κ3) is 2.11. The van der Waals surface area contributed by atoms with E-state index in [1.165, 1.54) is 12.3 Å². The number of pyridine rings is 1. The van der Waals surface area contributed by atoms with E-state index in [1.807, 2.05) is 11.8 Å². The highest BCUT2D eigenvalue weighted by molar-refractivity contribution is 5.84. The number of anilines is 1. The van der Waals surface area contributed by atoms with Crippen molar-refractivity contribution in [1.82, 2.24) is 9.88 Å². The molecule has 0 N–H and O–H groups in total. The van der Waals surface area contributed by atoms with Gasteiger partial charge in [0.15, 0.2) is 0 Å². The minimum absolute atomic E-state index is 0.0332. The lowest BCUT2D eigenvalue weighted by Crippen LogP contribution is -2.27. The summed E-state index contributed by atoms with van der Waals surface area (Å²) in [6.45, 7) is 5.09. The predicted molar refractivity (Wildman–Crippen MR) is 65.2 cm³/mol. The Labute approximate surface area is 104 Å². The van der Waals surface area contributed by atoms with Gasteiger partial charge in [0.1, 0.15) is 18.6 Å². The van der Waals surface area contributed by atoms with Crippen LogP contribution < -0.4 is 4.90 Å². The summed E-state index contributed by atoms with van der Waals surface area (Å²) in [6.07, 6.45) is 1.22. The van der Waals surface area contributed by atoms with E-state index in [0.29, 0.717) is 24.6 Å². The molecule has 0 radical (unpaired) electrons. The van der Waals surface area contributed by atoms with E-state index in [-0.39, 0.29) is 18.1 Å². The van der Waals surface area contributed by atoms with E-state index >= 15 is 0 Å². The SMILES string of the molecule is CCN1CN(c2ncc([N+](=O)[O-])cc2C)CC1=O. The number of rotatable bonds is 3. The zero-order valence-corrected chi connectivity index (χ0v) is 10.3. The van der Waals surface area contributed by atoms with Crippen LogP contribution in [0.3, 0.4) is 0 Å². The van der Waals surface area contributed by atoms with E-state index in [9.17, 15) is 14.9 Å². The number of carbonyl (C=O) groups excluding carboxylic acids is 1. The van der Waals surface area contributed by atoms with Gasteiger partial charge in [0.25, 0.3) is 5.69 Å². The molecular weight excluding hydrogens is 236 g/mol. The lowest BCUT2D eigenvalue weighted by atomic mass is 10.2. The first-order valence-corrected chi connectivity index (χ1v) is 5.66. The maximum absolute atomic E-state index is 11.6. The number of aryl methyl sites for hydroxylation is 1. The second-order valence-electron chi connectivity index (χ2n) is 4.18. The van der Waals surface area contributed by atoms with Crippen molar-refractivity contribution in [2.45, 2.75) is 13.8 Å². The Hall–Kier alpha value is -2.18. The van der Waals surface area contributed by atoms with Gasteiger partial charge in [-0.05, 0) is 19.4 Å². The molecule has 0 atom stereocenters. The molecule has 1 fully saturated rings. The highest BCUT2D eigenvalue weighted by Crippen LogP contribution is 2.23. The normalized spacial score (nSPS) is 15.3. The summed E-state index contributed by atoms with van der Waals surface area (Å²) in [5.74, 6) is 0.682. The van der Waals surface area contributed by atoms with Gasteiger partial charge in [0.2, 0.25) is 5.91 Å². The molecule has 0 bridgehead atoms. The van der Waals surface area contributed by atoms with Gasteiger partial charge in [-0.25, -0.2) is 4.98 Å². The van der Waals surface area contributed by atoms with Gasteiger partial charge in [-0.15, -0.1) is 0 Å². The highest BCUT2D eigenvalue weighted by atomic mass is 16.6.